The maximum Gasteiger partial charge on any atom is 0.243 e. The van der Waals surface area contributed by atoms with E-state index in [4.69, 9.17) is 11.6 Å². The first-order valence-electron chi connectivity index (χ1n) is 12.6. The second-order valence-electron chi connectivity index (χ2n) is 9.91. The van der Waals surface area contributed by atoms with Crippen molar-refractivity contribution in [2.75, 3.05) is 12.8 Å². The van der Waals surface area contributed by atoms with Crippen LogP contribution in [0.25, 0.3) is 11.1 Å². The molecule has 204 valence electrons. The molecular weight excluding hydrogens is 550 g/mol. The molecule has 0 fully saturated rings. The largest absolute Gasteiger partial charge is 0.243 e. The van der Waals surface area contributed by atoms with Crippen LogP contribution in [0.4, 0.5) is 0 Å². The Morgan fingerprint density at radius 1 is 0.744 bits per heavy atom. The summed E-state index contributed by atoms with van der Waals surface area (Å²) in [4.78, 5) is 0.590. The monoisotopic (exact) mass is 581 g/mol. The lowest BCUT2D eigenvalue weighted by molar-refractivity contribution is 0.409. The molecule has 0 aliphatic carbocycles. The molecule has 0 unspecified atom stereocenters. The number of sulfonamides is 1. The van der Waals surface area contributed by atoms with E-state index < -0.39 is 19.9 Å². The zero-order valence-corrected chi connectivity index (χ0v) is 24.9. The molecule has 0 heterocycles. The molecular formula is C31H32ClNO4S2. The highest BCUT2D eigenvalue weighted by Gasteiger charge is 2.28. The van der Waals surface area contributed by atoms with Crippen LogP contribution < -0.4 is 0 Å². The number of benzene rings is 4. The zero-order chi connectivity index (χ0) is 28.4. The third kappa shape index (κ3) is 6.79. The Kier molecular flexibility index (Phi) is 8.66. The number of hydrogen-bond donors (Lipinski definition) is 0. The molecule has 0 saturated carbocycles. The van der Waals surface area contributed by atoms with Crippen LogP contribution in [0.5, 0.6) is 0 Å². The van der Waals surface area contributed by atoms with Crippen LogP contribution in [-0.2, 0) is 32.8 Å². The van der Waals surface area contributed by atoms with Gasteiger partial charge in [0.2, 0.25) is 10.0 Å². The molecule has 0 aromatic heterocycles. The highest BCUT2D eigenvalue weighted by Crippen LogP contribution is 2.30. The van der Waals surface area contributed by atoms with Crippen LogP contribution in [0.2, 0.25) is 5.02 Å². The van der Waals surface area contributed by atoms with E-state index in [1.54, 1.807) is 30.3 Å². The Morgan fingerprint density at radius 3 is 2.00 bits per heavy atom. The Bertz CT molecular complexity index is 1690. The van der Waals surface area contributed by atoms with Crippen molar-refractivity contribution in [1.29, 1.82) is 0 Å². The molecule has 8 heteroatoms. The van der Waals surface area contributed by atoms with Crippen LogP contribution in [0.15, 0.2) is 94.7 Å². The number of nitrogens with zero attached hydrogens (tertiary/aromatic N) is 1. The molecule has 5 nitrogen and oxygen atoms in total. The van der Waals surface area contributed by atoms with Crippen LogP contribution in [0.1, 0.15) is 27.8 Å². The van der Waals surface area contributed by atoms with Gasteiger partial charge in [-0.3, -0.25) is 0 Å². The third-order valence-corrected chi connectivity index (χ3v) is 10.2. The van der Waals surface area contributed by atoms with Gasteiger partial charge < -0.3 is 0 Å². The average molecular weight is 582 g/mol. The minimum atomic E-state index is -3.82. The van der Waals surface area contributed by atoms with Gasteiger partial charge in [-0.05, 0) is 73.2 Å². The van der Waals surface area contributed by atoms with E-state index in [0.717, 1.165) is 22.3 Å². The summed E-state index contributed by atoms with van der Waals surface area (Å²) in [5.41, 5.74) is 5.56. The lowest BCUT2D eigenvalue weighted by Crippen LogP contribution is -2.33. The van der Waals surface area contributed by atoms with Crippen molar-refractivity contribution in [2.45, 2.75) is 43.5 Å². The van der Waals surface area contributed by atoms with E-state index in [0.29, 0.717) is 33.0 Å². The van der Waals surface area contributed by atoms with Gasteiger partial charge in [0.05, 0.1) is 9.79 Å². The van der Waals surface area contributed by atoms with Gasteiger partial charge in [0.1, 0.15) is 0 Å². The van der Waals surface area contributed by atoms with E-state index in [2.05, 4.69) is 0 Å². The third-order valence-electron chi connectivity index (χ3n) is 6.65. The lowest BCUT2D eigenvalue weighted by Gasteiger charge is -2.25. The summed E-state index contributed by atoms with van der Waals surface area (Å²) in [6.45, 7) is 6.06. The smallest absolute Gasteiger partial charge is 0.224 e. The van der Waals surface area contributed by atoms with Crippen LogP contribution >= 0.6 is 11.6 Å². The maximum atomic E-state index is 14.1. The highest BCUT2D eigenvalue weighted by atomic mass is 35.5. The number of hydrogen-bond acceptors (Lipinski definition) is 4. The zero-order valence-electron chi connectivity index (χ0n) is 22.5. The van der Waals surface area contributed by atoms with Gasteiger partial charge in [0, 0.05) is 29.9 Å². The van der Waals surface area contributed by atoms with E-state index in [1.165, 1.54) is 10.6 Å². The van der Waals surface area contributed by atoms with Crippen LogP contribution in [-0.4, -0.2) is 33.9 Å². The average Bonchev–Trinajstić information content (AvgIpc) is 2.85. The summed E-state index contributed by atoms with van der Waals surface area (Å²) in [6, 6.07) is 25.5. The topological polar surface area (TPSA) is 71.5 Å². The van der Waals surface area contributed by atoms with Crippen molar-refractivity contribution in [3.05, 3.63) is 118 Å². The SMILES string of the molecule is Cc1cc(C)c(S(=O)(=O)N(CCc2cccc(Cl)c2)Cc2ccc(-c3ccccc3S(C)(=O)=O)cc2)c(C)c1. The fraction of sp³-hybridized carbons (Fsp3) is 0.226. The Hall–Kier alpha value is -2.97. The van der Waals surface area contributed by atoms with Gasteiger partial charge in [-0.25, -0.2) is 16.8 Å². The molecule has 0 spiro atoms. The van der Waals surface area contributed by atoms with Crippen molar-refractivity contribution in [3.8, 4) is 11.1 Å². The molecule has 0 aliphatic rings. The summed E-state index contributed by atoms with van der Waals surface area (Å²) in [5, 5.41) is 0.608. The summed E-state index contributed by atoms with van der Waals surface area (Å²) in [6.07, 6.45) is 1.70. The summed E-state index contributed by atoms with van der Waals surface area (Å²) in [5.74, 6) is 0. The summed E-state index contributed by atoms with van der Waals surface area (Å²) < 4.78 is 54.2. The molecule has 0 atom stereocenters. The minimum Gasteiger partial charge on any atom is -0.224 e. The molecule has 0 N–H and O–H groups in total. The molecule has 4 aromatic rings. The lowest BCUT2D eigenvalue weighted by atomic mass is 10.0. The van der Waals surface area contributed by atoms with Gasteiger partial charge >= 0.3 is 0 Å². The quantitative estimate of drug-likeness (QED) is 0.219. The highest BCUT2D eigenvalue weighted by molar-refractivity contribution is 7.90. The fourth-order valence-electron chi connectivity index (χ4n) is 4.96. The van der Waals surface area contributed by atoms with Crippen molar-refractivity contribution in [3.63, 3.8) is 0 Å². The normalized spacial score (nSPS) is 12.2. The predicted molar refractivity (Wildman–Crippen MR) is 158 cm³/mol. The molecule has 0 amide bonds. The van der Waals surface area contributed by atoms with Gasteiger partial charge in [0.25, 0.3) is 0 Å². The number of rotatable bonds is 9. The van der Waals surface area contributed by atoms with Crippen molar-refractivity contribution < 1.29 is 16.8 Å². The van der Waals surface area contributed by atoms with Gasteiger partial charge in [-0.2, -0.15) is 4.31 Å². The Morgan fingerprint density at radius 2 is 1.38 bits per heavy atom. The number of aryl methyl sites for hydroxylation is 3. The minimum absolute atomic E-state index is 0.170. The molecule has 39 heavy (non-hydrogen) atoms. The second kappa shape index (κ2) is 11.6. The summed E-state index contributed by atoms with van der Waals surface area (Å²) >= 11 is 6.17. The maximum absolute atomic E-state index is 14.1. The predicted octanol–water partition coefficient (Wildman–Crippen LogP) is 6.77. The second-order valence-corrected chi connectivity index (χ2v) is 14.2. The van der Waals surface area contributed by atoms with Crippen molar-refractivity contribution in [1.82, 2.24) is 4.31 Å². The van der Waals surface area contributed by atoms with E-state index in [-0.39, 0.29) is 18.0 Å². The Balaban J connectivity index is 1.69. The molecule has 0 radical (unpaired) electrons. The van der Waals surface area contributed by atoms with E-state index in [9.17, 15) is 16.8 Å². The fourth-order valence-corrected chi connectivity index (χ4v) is 7.92. The summed E-state index contributed by atoms with van der Waals surface area (Å²) in [7, 11) is -7.23. The first-order valence-corrected chi connectivity index (χ1v) is 16.3. The van der Waals surface area contributed by atoms with Gasteiger partial charge in [-0.15, -0.1) is 0 Å². The van der Waals surface area contributed by atoms with Crippen LogP contribution in [0.3, 0.4) is 0 Å². The van der Waals surface area contributed by atoms with Crippen molar-refractivity contribution >= 4 is 31.5 Å². The van der Waals surface area contributed by atoms with Gasteiger partial charge in [-0.1, -0.05) is 83.9 Å². The van der Waals surface area contributed by atoms with Crippen molar-refractivity contribution in [2.24, 2.45) is 0 Å². The number of sulfone groups is 1. The first kappa shape index (κ1) is 29.0. The van der Waals surface area contributed by atoms with Gasteiger partial charge in [0.15, 0.2) is 9.84 Å². The molecule has 0 aliphatic heterocycles. The van der Waals surface area contributed by atoms with Crippen LogP contribution in [0, 0.1) is 20.8 Å². The Labute approximate surface area is 237 Å². The standard InChI is InChI=1S/C31H32ClNO4S2/c1-22-18-23(2)31(24(3)19-22)39(36,37)33(17-16-25-8-7-9-28(32)20-25)21-26-12-14-27(15-13-26)29-10-5-6-11-30(29)38(4,34)35/h5-15,18-20H,16-17,21H2,1-4H3. The first-order chi connectivity index (χ1) is 18.4. The van der Waals surface area contributed by atoms with E-state index >= 15 is 0 Å². The molecule has 4 aromatic carbocycles. The molecule has 4 rings (SSSR count). The molecule has 0 saturated heterocycles. The molecule has 0 bridgehead atoms. The number of halogens is 1. The van der Waals surface area contributed by atoms with E-state index in [1.807, 2.05) is 75.4 Å².